The van der Waals surface area contributed by atoms with Gasteiger partial charge < -0.3 is 0 Å². The van der Waals surface area contributed by atoms with Gasteiger partial charge in [0.2, 0.25) is 0 Å². The largest absolute Gasteiger partial charge is 0.412 e. The molecule has 0 heterocycles. The van der Waals surface area contributed by atoms with Crippen molar-refractivity contribution < 1.29 is 18.1 Å². The summed E-state index contributed by atoms with van der Waals surface area (Å²) >= 11 is 0. The Kier molecular flexibility index (Phi) is 4.25. The van der Waals surface area contributed by atoms with Crippen LogP contribution in [0.3, 0.4) is 0 Å². The zero-order valence-corrected chi connectivity index (χ0v) is 9.44. The van der Waals surface area contributed by atoms with E-state index in [-0.39, 0.29) is 5.69 Å². The second-order valence-corrected chi connectivity index (χ2v) is 3.56. The molecule has 0 aliphatic carbocycles. The highest BCUT2D eigenvalue weighted by Crippen LogP contribution is 2.24. The lowest BCUT2D eigenvalue weighted by molar-refractivity contribution is -0.384. The predicted octanol–water partition coefficient (Wildman–Crippen LogP) is 4.12. The maximum absolute atomic E-state index is 12.1. The summed E-state index contributed by atoms with van der Waals surface area (Å²) in [4.78, 5) is 9.84. The molecule has 0 unspecified atom stereocenters. The van der Waals surface area contributed by atoms with E-state index in [9.17, 15) is 23.3 Å². The van der Waals surface area contributed by atoms with Crippen LogP contribution < -0.4 is 0 Å². The lowest BCUT2D eigenvalue weighted by atomic mass is 10.2. The van der Waals surface area contributed by atoms with Gasteiger partial charge in [-0.3, -0.25) is 10.1 Å². The van der Waals surface area contributed by atoms with Crippen molar-refractivity contribution in [3.63, 3.8) is 0 Å². The van der Waals surface area contributed by atoms with Crippen LogP contribution in [-0.2, 0) is 0 Å². The van der Waals surface area contributed by atoms with Crippen LogP contribution in [0.5, 0.6) is 0 Å². The van der Waals surface area contributed by atoms with E-state index in [0.717, 1.165) is 13.0 Å². The van der Waals surface area contributed by atoms with Crippen LogP contribution in [0.15, 0.2) is 42.0 Å². The van der Waals surface area contributed by atoms with Crippen LogP contribution in [-0.4, -0.2) is 11.1 Å². The molecule has 0 aliphatic heterocycles. The topological polar surface area (TPSA) is 43.1 Å². The molecule has 0 bridgehead atoms. The zero-order valence-electron chi connectivity index (χ0n) is 9.44. The monoisotopic (exact) mass is 257 g/mol. The number of rotatable bonds is 3. The summed E-state index contributed by atoms with van der Waals surface area (Å²) in [5.74, 6) is 0. The Morgan fingerprint density at radius 1 is 1.28 bits per heavy atom. The van der Waals surface area contributed by atoms with Crippen LogP contribution in [0.2, 0.25) is 0 Å². The van der Waals surface area contributed by atoms with Crippen LogP contribution >= 0.6 is 0 Å². The van der Waals surface area contributed by atoms with Gasteiger partial charge in [0.15, 0.2) is 0 Å². The fraction of sp³-hybridized carbons (Fsp3) is 0.167. The van der Waals surface area contributed by atoms with E-state index in [1.807, 2.05) is 0 Å². The molecule has 0 amide bonds. The second kappa shape index (κ2) is 5.48. The molecule has 0 N–H and O–H groups in total. The quantitative estimate of drug-likeness (QED) is 0.464. The van der Waals surface area contributed by atoms with Gasteiger partial charge in [-0.05, 0) is 24.6 Å². The molecule has 18 heavy (non-hydrogen) atoms. The van der Waals surface area contributed by atoms with E-state index in [2.05, 4.69) is 0 Å². The lowest BCUT2D eigenvalue weighted by Gasteiger charge is -2.03. The summed E-state index contributed by atoms with van der Waals surface area (Å²) in [5.41, 5.74) is -0.179. The Morgan fingerprint density at radius 2 is 1.83 bits per heavy atom. The van der Waals surface area contributed by atoms with Gasteiger partial charge in [0.1, 0.15) is 0 Å². The molecule has 6 heteroatoms. The first-order valence-corrected chi connectivity index (χ1v) is 4.97. The first-order valence-electron chi connectivity index (χ1n) is 4.97. The van der Waals surface area contributed by atoms with Crippen LogP contribution in [0.4, 0.5) is 18.9 Å². The van der Waals surface area contributed by atoms with Gasteiger partial charge in [-0.1, -0.05) is 18.2 Å². The number of non-ortho nitro benzene ring substituents is 1. The minimum atomic E-state index is -4.33. The first kappa shape index (κ1) is 14.0. The van der Waals surface area contributed by atoms with E-state index < -0.39 is 16.7 Å². The molecule has 0 fully saturated rings. The average molecular weight is 257 g/mol. The Labute approximate surface area is 101 Å². The van der Waals surface area contributed by atoms with Crippen molar-refractivity contribution in [2.45, 2.75) is 13.1 Å². The molecule has 0 spiro atoms. The first-order chi connectivity index (χ1) is 8.30. The third kappa shape index (κ3) is 4.04. The number of alkyl halides is 3. The molecule has 0 saturated heterocycles. The van der Waals surface area contributed by atoms with E-state index in [4.69, 9.17) is 0 Å². The molecule has 0 aliphatic rings. The molecule has 0 aromatic heterocycles. The minimum Gasteiger partial charge on any atom is -0.258 e. The maximum atomic E-state index is 12.1. The summed E-state index contributed by atoms with van der Waals surface area (Å²) < 4.78 is 36.4. The van der Waals surface area contributed by atoms with Crippen molar-refractivity contribution >= 4 is 11.8 Å². The van der Waals surface area contributed by atoms with E-state index >= 15 is 0 Å². The van der Waals surface area contributed by atoms with Gasteiger partial charge in [-0.2, -0.15) is 13.2 Å². The average Bonchev–Trinajstić information content (AvgIpc) is 2.28. The number of nitro groups is 1. The standard InChI is InChI=1S/C12H10F3NO2/c1-9(12(13,14)15)3-2-4-10-5-7-11(8-6-10)16(17)18/h2-8H,1H3/b4-2+,9-3+. The molecule has 1 aromatic carbocycles. The lowest BCUT2D eigenvalue weighted by Crippen LogP contribution is -2.08. The number of nitro benzene ring substituents is 1. The molecule has 0 atom stereocenters. The summed E-state index contributed by atoms with van der Waals surface area (Å²) in [6.45, 7) is 0.972. The fourth-order valence-electron chi connectivity index (χ4n) is 1.11. The predicted molar refractivity (Wildman–Crippen MR) is 61.9 cm³/mol. The molecule has 0 radical (unpaired) electrons. The third-order valence-electron chi connectivity index (χ3n) is 2.19. The van der Waals surface area contributed by atoms with Crippen molar-refractivity contribution in [2.24, 2.45) is 0 Å². The summed E-state index contributed by atoms with van der Waals surface area (Å²) in [5, 5.41) is 10.4. The van der Waals surface area contributed by atoms with Crippen LogP contribution in [0.25, 0.3) is 6.08 Å². The molecule has 3 nitrogen and oxygen atoms in total. The highest BCUT2D eigenvalue weighted by Gasteiger charge is 2.29. The molecule has 1 rings (SSSR count). The van der Waals surface area contributed by atoms with E-state index in [1.54, 1.807) is 0 Å². The maximum Gasteiger partial charge on any atom is 0.412 e. The Balaban J connectivity index is 2.77. The van der Waals surface area contributed by atoms with Gasteiger partial charge in [0.25, 0.3) is 5.69 Å². The molecule has 96 valence electrons. The van der Waals surface area contributed by atoms with Crippen molar-refractivity contribution in [3.8, 4) is 0 Å². The SMILES string of the molecule is C/C(=C\C=C\c1ccc([N+](=O)[O-])cc1)C(F)(F)F. The number of hydrogen-bond donors (Lipinski definition) is 0. The molecular formula is C12H10F3NO2. The van der Waals surface area contributed by atoms with Crippen molar-refractivity contribution in [1.82, 2.24) is 0 Å². The van der Waals surface area contributed by atoms with E-state index in [0.29, 0.717) is 5.56 Å². The Morgan fingerprint density at radius 3 is 2.28 bits per heavy atom. The fourth-order valence-corrected chi connectivity index (χ4v) is 1.11. The van der Waals surface area contributed by atoms with Gasteiger partial charge in [0.05, 0.1) is 4.92 Å². The minimum absolute atomic E-state index is 0.0610. The number of halogens is 3. The van der Waals surface area contributed by atoms with Crippen molar-refractivity contribution in [3.05, 3.63) is 57.7 Å². The number of benzene rings is 1. The molecule has 1 aromatic rings. The summed E-state index contributed by atoms with van der Waals surface area (Å²) in [7, 11) is 0. The van der Waals surface area contributed by atoms with Gasteiger partial charge in [0, 0.05) is 17.7 Å². The van der Waals surface area contributed by atoms with E-state index in [1.165, 1.54) is 36.4 Å². The zero-order chi connectivity index (χ0) is 13.8. The summed E-state index contributed by atoms with van der Waals surface area (Å²) in [6, 6.07) is 5.51. The normalized spacial score (nSPS) is 13.0. The Bertz CT molecular complexity index is 487. The van der Waals surface area contributed by atoms with Gasteiger partial charge in [-0.15, -0.1) is 0 Å². The van der Waals surface area contributed by atoms with Crippen LogP contribution in [0, 0.1) is 10.1 Å². The number of hydrogen-bond acceptors (Lipinski definition) is 2. The van der Waals surface area contributed by atoms with Gasteiger partial charge in [-0.25, -0.2) is 0 Å². The third-order valence-corrected chi connectivity index (χ3v) is 2.19. The van der Waals surface area contributed by atoms with Crippen molar-refractivity contribution in [1.29, 1.82) is 0 Å². The highest BCUT2D eigenvalue weighted by molar-refractivity contribution is 5.53. The number of allylic oxidation sites excluding steroid dienone is 3. The summed E-state index contributed by atoms with van der Waals surface area (Å²) in [6.07, 6.45) is -0.690. The Hall–Kier alpha value is -2.11. The second-order valence-electron chi connectivity index (χ2n) is 3.56. The highest BCUT2D eigenvalue weighted by atomic mass is 19.4. The van der Waals surface area contributed by atoms with Crippen molar-refractivity contribution in [2.75, 3.05) is 0 Å². The van der Waals surface area contributed by atoms with Crippen LogP contribution in [0.1, 0.15) is 12.5 Å². The number of nitrogens with zero attached hydrogens (tertiary/aromatic N) is 1. The smallest absolute Gasteiger partial charge is 0.258 e. The molecular weight excluding hydrogens is 247 g/mol. The van der Waals surface area contributed by atoms with Gasteiger partial charge >= 0.3 is 6.18 Å². The molecule has 0 saturated carbocycles.